The molecule has 3 aromatic rings. The largest absolute Gasteiger partial charge is 0.476 e. The van der Waals surface area contributed by atoms with E-state index in [1.54, 1.807) is 22.7 Å². The highest BCUT2D eigenvalue weighted by molar-refractivity contribution is 6.29. The smallest absolute Gasteiger partial charge is 0.218 e. The number of likely N-dealkylation sites (tertiary alicyclic amines) is 1. The third-order valence-corrected chi connectivity index (χ3v) is 4.42. The number of halogens is 2. The second kappa shape index (κ2) is 6.93. The molecule has 130 valence electrons. The van der Waals surface area contributed by atoms with E-state index in [-0.39, 0.29) is 11.0 Å². The zero-order chi connectivity index (χ0) is 17.2. The molecule has 0 bridgehead atoms. The average molecular weight is 362 g/mol. The van der Waals surface area contributed by atoms with Gasteiger partial charge in [-0.15, -0.1) is 0 Å². The van der Waals surface area contributed by atoms with E-state index >= 15 is 0 Å². The second-order valence-electron chi connectivity index (χ2n) is 5.97. The minimum atomic E-state index is -0.365. The van der Waals surface area contributed by atoms with Crippen molar-refractivity contribution in [1.82, 2.24) is 24.3 Å². The Labute approximate surface area is 149 Å². The first-order chi connectivity index (χ1) is 12.2. The van der Waals surface area contributed by atoms with Crippen molar-refractivity contribution in [3.8, 4) is 17.4 Å². The number of ether oxygens (including phenoxy) is 1. The molecule has 1 fully saturated rings. The van der Waals surface area contributed by atoms with Crippen LogP contribution in [-0.2, 0) is 0 Å². The summed E-state index contributed by atoms with van der Waals surface area (Å²) >= 11 is 6.11. The Bertz CT molecular complexity index is 894. The minimum Gasteiger partial charge on any atom is -0.476 e. The Morgan fingerprint density at radius 2 is 2.04 bits per heavy atom. The highest BCUT2D eigenvalue weighted by atomic mass is 35.5. The summed E-state index contributed by atoms with van der Waals surface area (Å²) in [6.45, 7) is 3.63. The molecule has 25 heavy (non-hydrogen) atoms. The first-order valence-corrected chi connectivity index (χ1v) is 8.59. The molecular weight excluding hydrogens is 345 g/mol. The van der Waals surface area contributed by atoms with E-state index in [9.17, 15) is 4.39 Å². The van der Waals surface area contributed by atoms with Crippen LogP contribution < -0.4 is 4.74 Å². The van der Waals surface area contributed by atoms with E-state index in [1.165, 1.54) is 25.1 Å². The van der Waals surface area contributed by atoms with Crippen LogP contribution in [0.2, 0.25) is 5.15 Å². The summed E-state index contributed by atoms with van der Waals surface area (Å²) in [6.07, 6.45) is 5.42. The van der Waals surface area contributed by atoms with E-state index < -0.39 is 0 Å². The summed E-state index contributed by atoms with van der Waals surface area (Å²) < 4.78 is 20.9. The minimum absolute atomic E-state index is 0.271. The zero-order valence-corrected chi connectivity index (χ0v) is 14.3. The van der Waals surface area contributed by atoms with Crippen molar-refractivity contribution in [2.45, 2.75) is 12.8 Å². The monoisotopic (exact) mass is 361 g/mol. The molecule has 6 nitrogen and oxygen atoms in total. The van der Waals surface area contributed by atoms with Crippen LogP contribution in [0, 0.1) is 5.82 Å². The van der Waals surface area contributed by atoms with Gasteiger partial charge in [-0.1, -0.05) is 11.6 Å². The summed E-state index contributed by atoms with van der Waals surface area (Å²) in [5.74, 6) is 0.387. The van der Waals surface area contributed by atoms with Gasteiger partial charge in [-0.25, -0.2) is 14.4 Å². The number of hydrogen-bond acceptors (Lipinski definition) is 5. The maximum atomic E-state index is 13.5. The van der Waals surface area contributed by atoms with Gasteiger partial charge in [0.2, 0.25) is 5.88 Å². The van der Waals surface area contributed by atoms with Gasteiger partial charge in [-0.3, -0.25) is 9.30 Å². The topological polar surface area (TPSA) is 55.6 Å². The third-order valence-electron chi connectivity index (χ3n) is 4.23. The van der Waals surface area contributed by atoms with Gasteiger partial charge in [0.25, 0.3) is 0 Å². The van der Waals surface area contributed by atoms with Gasteiger partial charge in [0, 0.05) is 18.8 Å². The van der Waals surface area contributed by atoms with Gasteiger partial charge in [-0.05, 0) is 38.1 Å². The molecule has 4 heterocycles. The SMILES string of the molecule is Fc1ccc2ncc(-c3nc(Cl)cc(OCCN4CCCC4)n3)n2c1. The van der Waals surface area contributed by atoms with Crippen LogP contribution in [0.5, 0.6) is 5.88 Å². The molecule has 0 aliphatic carbocycles. The van der Waals surface area contributed by atoms with Crippen molar-refractivity contribution in [3.63, 3.8) is 0 Å². The number of rotatable bonds is 5. The van der Waals surface area contributed by atoms with Crippen molar-refractivity contribution in [3.05, 3.63) is 41.6 Å². The standard InChI is InChI=1S/C17H17ClFN5O/c18-14-9-16(25-8-7-23-5-1-2-6-23)22-17(21-14)13-10-20-15-4-3-12(19)11-24(13)15/h3-4,9-11H,1-2,5-8H2. The van der Waals surface area contributed by atoms with Gasteiger partial charge in [0.15, 0.2) is 5.82 Å². The first kappa shape index (κ1) is 16.2. The van der Waals surface area contributed by atoms with Crippen molar-refractivity contribution >= 4 is 17.2 Å². The van der Waals surface area contributed by atoms with E-state index in [0.717, 1.165) is 19.6 Å². The molecule has 0 unspecified atom stereocenters. The predicted molar refractivity (Wildman–Crippen MR) is 92.4 cm³/mol. The van der Waals surface area contributed by atoms with Gasteiger partial charge in [0.05, 0.1) is 6.20 Å². The lowest BCUT2D eigenvalue weighted by Gasteiger charge is -2.14. The lowest BCUT2D eigenvalue weighted by atomic mass is 10.4. The Morgan fingerprint density at radius 3 is 2.88 bits per heavy atom. The van der Waals surface area contributed by atoms with Crippen LogP contribution in [0.3, 0.4) is 0 Å². The van der Waals surface area contributed by atoms with Gasteiger partial charge >= 0.3 is 0 Å². The van der Waals surface area contributed by atoms with Crippen molar-refractivity contribution in [1.29, 1.82) is 0 Å². The second-order valence-corrected chi connectivity index (χ2v) is 6.36. The molecule has 0 spiro atoms. The molecule has 1 aliphatic rings. The molecule has 8 heteroatoms. The first-order valence-electron chi connectivity index (χ1n) is 8.22. The van der Waals surface area contributed by atoms with Crippen LogP contribution in [0.15, 0.2) is 30.6 Å². The van der Waals surface area contributed by atoms with Crippen LogP contribution in [0.25, 0.3) is 17.2 Å². The molecule has 0 N–H and O–H groups in total. The maximum Gasteiger partial charge on any atom is 0.218 e. The van der Waals surface area contributed by atoms with Crippen LogP contribution in [0.1, 0.15) is 12.8 Å². The summed E-state index contributed by atoms with van der Waals surface area (Å²) in [4.78, 5) is 15.2. The molecule has 4 rings (SSSR count). The Morgan fingerprint density at radius 1 is 1.20 bits per heavy atom. The molecule has 0 aromatic carbocycles. The fraction of sp³-hybridized carbons (Fsp3) is 0.353. The molecule has 1 saturated heterocycles. The highest BCUT2D eigenvalue weighted by Crippen LogP contribution is 2.23. The van der Waals surface area contributed by atoms with Crippen LogP contribution in [0.4, 0.5) is 4.39 Å². The summed E-state index contributed by atoms with van der Waals surface area (Å²) in [5, 5.41) is 0.271. The summed E-state index contributed by atoms with van der Waals surface area (Å²) in [5.41, 5.74) is 1.16. The number of aromatic nitrogens is 4. The third kappa shape index (κ3) is 3.57. The molecule has 0 radical (unpaired) electrons. The number of nitrogens with zero attached hydrogens (tertiary/aromatic N) is 5. The van der Waals surface area contributed by atoms with Crippen molar-refractivity contribution in [2.24, 2.45) is 0 Å². The molecule has 3 aromatic heterocycles. The molecule has 0 atom stereocenters. The number of fused-ring (bicyclic) bond motifs is 1. The van der Waals surface area contributed by atoms with Gasteiger partial charge < -0.3 is 4.74 Å². The zero-order valence-electron chi connectivity index (χ0n) is 13.5. The highest BCUT2D eigenvalue weighted by Gasteiger charge is 2.14. The van der Waals surface area contributed by atoms with Crippen LogP contribution in [-0.4, -0.2) is 50.5 Å². The lowest BCUT2D eigenvalue weighted by Crippen LogP contribution is -2.25. The van der Waals surface area contributed by atoms with E-state index in [0.29, 0.717) is 29.7 Å². The van der Waals surface area contributed by atoms with E-state index in [1.807, 2.05) is 0 Å². The Balaban J connectivity index is 1.57. The fourth-order valence-electron chi connectivity index (χ4n) is 2.99. The summed E-state index contributed by atoms with van der Waals surface area (Å²) in [6, 6.07) is 4.54. The predicted octanol–water partition coefficient (Wildman–Crippen LogP) is 3.06. The Hall–Kier alpha value is -2.25. The molecule has 1 aliphatic heterocycles. The summed E-state index contributed by atoms with van der Waals surface area (Å²) in [7, 11) is 0. The number of imidazole rings is 1. The maximum absolute atomic E-state index is 13.5. The fourth-order valence-corrected chi connectivity index (χ4v) is 3.16. The molecular formula is C17H17ClFN5O. The molecule has 0 saturated carbocycles. The van der Waals surface area contributed by atoms with Crippen molar-refractivity contribution in [2.75, 3.05) is 26.2 Å². The van der Waals surface area contributed by atoms with Crippen molar-refractivity contribution < 1.29 is 9.13 Å². The average Bonchev–Trinajstić information content (AvgIpc) is 3.23. The van der Waals surface area contributed by atoms with E-state index in [2.05, 4.69) is 19.9 Å². The normalized spacial score (nSPS) is 15.1. The van der Waals surface area contributed by atoms with Gasteiger partial charge in [0.1, 0.15) is 28.9 Å². The number of pyridine rings is 1. The van der Waals surface area contributed by atoms with Gasteiger partial charge in [-0.2, -0.15) is 4.98 Å². The Kier molecular flexibility index (Phi) is 4.50. The molecule has 0 amide bonds. The number of hydrogen-bond donors (Lipinski definition) is 0. The quantitative estimate of drug-likeness (QED) is 0.654. The lowest BCUT2D eigenvalue weighted by molar-refractivity contribution is 0.232. The van der Waals surface area contributed by atoms with Crippen LogP contribution >= 0.6 is 11.6 Å². The van der Waals surface area contributed by atoms with E-state index in [4.69, 9.17) is 16.3 Å².